The first-order valence-electron chi connectivity index (χ1n) is 6.41. The summed E-state index contributed by atoms with van der Waals surface area (Å²) in [5.41, 5.74) is 1.69. The number of nitrogens with zero attached hydrogens (tertiary/aromatic N) is 2. The van der Waals surface area contributed by atoms with Gasteiger partial charge in [0.05, 0.1) is 5.69 Å². The molecule has 5 heteroatoms. The molecule has 1 aromatic heterocycles. The van der Waals surface area contributed by atoms with E-state index < -0.39 is 6.10 Å². The zero-order valence-corrected chi connectivity index (χ0v) is 11.3. The smallest absolute Gasteiger partial charge is 0.253 e. The Kier molecular flexibility index (Phi) is 5.20. The molecule has 0 spiro atoms. The lowest BCUT2D eigenvalue weighted by Gasteiger charge is -2.15. The monoisotopic (exact) mass is 271 g/mol. The molecule has 1 aromatic carbocycles. The lowest BCUT2D eigenvalue weighted by Crippen LogP contribution is -2.32. The minimum atomic E-state index is -0.585. The Balaban J connectivity index is 1.87. The van der Waals surface area contributed by atoms with Gasteiger partial charge in [-0.2, -0.15) is 0 Å². The Morgan fingerprint density at radius 2 is 2.10 bits per heavy atom. The van der Waals surface area contributed by atoms with Crippen molar-refractivity contribution in [1.29, 1.82) is 0 Å². The zero-order valence-electron chi connectivity index (χ0n) is 11.3. The molecule has 0 saturated heterocycles. The zero-order chi connectivity index (χ0) is 14.2. The van der Waals surface area contributed by atoms with Crippen molar-refractivity contribution >= 4 is 5.91 Å². The van der Waals surface area contributed by atoms with Crippen LogP contribution in [0.4, 0.5) is 0 Å². The van der Waals surface area contributed by atoms with Crippen LogP contribution in [0.3, 0.4) is 0 Å². The van der Waals surface area contributed by atoms with Crippen LogP contribution in [0.1, 0.15) is 17.4 Å². The molecule has 1 N–H and O–H groups in total. The van der Waals surface area contributed by atoms with Gasteiger partial charge in [0.15, 0.2) is 6.10 Å². The van der Waals surface area contributed by atoms with E-state index in [-0.39, 0.29) is 5.91 Å². The van der Waals surface area contributed by atoms with Gasteiger partial charge in [0.25, 0.3) is 5.91 Å². The van der Waals surface area contributed by atoms with Gasteiger partial charge in [-0.1, -0.05) is 30.3 Å². The molecule has 1 heterocycles. The van der Waals surface area contributed by atoms with E-state index in [1.54, 1.807) is 18.6 Å². The van der Waals surface area contributed by atoms with Gasteiger partial charge in [-0.05, 0) is 5.56 Å². The number of hydrogen-bond donors (Lipinski definition) is 1. The fourth-order valence-electron chi connectivity index (χ4n) is 1.89. The number of nitrogens with one attached hydrogen (secondary N) is 1. The SMILES string of the molecule is CO[C@@H](C(=O)NCCc1cnccn1)c1ccccc1. The quantitative estimate of drug-likeness (QED) is 0.865. The Morgan fingerprint density at radius 1 is 1.30 bits per heavy atom. The van der Waals surface area contributed by atoms with Crippen LogP contribution in [0.2, 0.25) is 0 Å². The molecule has 5 nitrogen and oxygen atoms in total. The highest BCUT2D eigenvalue weighted by Crippen LogP contribution is 2.15. The van der Waals surface area contributed by atoms with Crippen molar-refractivity contribution in [3.8, 4) is 0 Å². The predicted molar refractivity (Wildman–Crippen MR) is 74.9 cm³/mol. The average Bonchev–Trinajstić information content (AvgIpc) is 2.50. The lowest BCUT2D eigenvalue weighted by atomic mass is 10.1. The largest absolute Gasteiger partial charge is 0.367 e. The summed E-state index contributed by atoms with van der Waals surface area (Å²) in [6, 6.07) is 9.41. The van der Waals surface area contributed by atoms with E-state index in [1.807, 2.05) is 30.3 Å². The first-order chi connectivity index (χ1) is 9.81. The molecule has 2 rings (SSSR count). The van der Waals surface area contributed by atoms with Gasteiger partial charge in [0.1, 0.15) is 0 Å². The molecular weight excluding hydrogens is 254 g/mol. The van der Waals surface area contributed by atoms with E-state index in [4.69, 9.17) is 4.74 Å². The molecule has 0 aliphatic heterocycles. The molecule has 0 bridgehead atoms. The Bertz CT molecular complexity index is 531. The average molecular weight is 271 g/mol. The second kappa shape index (κ2) is 7.35. The third-order valence-corrected chi connectivity index (χ3v) is 2.87. The molecule has 0 radical (unpaired) electrons. The molecule has 0 aliphatic rings. The van der Waals surface area contributed by atoms with Crippen LogP contribution in [0.25, 0.3) is 0 Å². The number of ether oxygens (including phenoxy) is 1. The Morgan fingerprint density at radius 3 is 2.75 bits per heavy atom. The third-order valence-electron chi connectivity index (χ3n) is 2.87. The van der Waals surface area contributed by atoms with Gasteiger partial charge in [-0.3, -0.25) is 14.8 Å². The van der Waals surface area contributed by atoms with Crippen LogP contribution in [-0.2, 0) is 16.0 Å². The number of methoxy groups -OCH3 is 1. The molecule has 1 atom stereocenters. The fourth-order valence-corrected chi connectivity index (χ4v) is 1.89. The highest BCUT2D eigenvalue weighted by molar-refractivity contribution is 5.82. The van der Waals surface area contributed by atoms with Crippen molar-refractivity contribution in [2.45, 2.75) is 12.5 Å². The minimum Gasteiger partial charge on any atom is -0.367 e. The second-order valence-electron chi connectivity index (χ2n) is 4.26. The van der Waals surface area contributed by atoms with Gasteiger partial charge in [0.2, 0.25) is 0 Å². The summed E-state index contributed by atoms with van der Waals surface area (Å²) in [7, 11) is 1.53. The van der Waals surface area contributed by atoms with Crippen LogP contribution in [0, 0.1) is 0 Å². The number of benzene rings is 1. The molecule has 0 fully saturated rings. The predicted octanol–water partition coefficient (Wildman–Crippen LogP) is 1.52. The maximum absolute atomic E-state index is 12.1. The summed E-state index contributed by atoms with van der Waals surface area (Å²) < 4.78 is 5.26. The second-order valence-corrected chi connectivity index (χ2v) is 4.26. The highest BCUT2D eigenvalue weighted by Gasteiger charge is 2.18. The third kappa shape index (κ3) is 3.86. The first kappa shape index (κ1) is 14.1. The summed E-state index contributed by atoms with van der Waals surface area (Å²) in [5.74, 6) is -0.150. The Hall–Kier alpha value is -2.27. The fraction of sp³-hybridized carbons (Fsp3) is 0.267. The van der Waals surface area contributed by atoms with Crippen LogP contribution in [0.15, 0.2) is 48.9 Å². The van der Waals surface area contributed by atoms with E-state index in [0.717, 1.165) is 11.3 Å². The highest BCUT2D eigenvalue weighted by atomic mass is 16.5. The van der Waals surface area contributed by atoms with E-state index in [0.29, 0.717) is 13.0 Å². The number of carbonyl (C=O) groups is 1. The van der Waals surface area contributed by atoms with Crippen molar-refractivity contribution in [3.05, 3.63) is 60.2 Å². The molecule has 2 aromatic rings. The van der Waals surface area contributed by atoms with Crippen LogP contribution < -0.4 is 5.32 Å². The van der Waals surface area contributed by atoms with Gasteiger partial charge >= 0.3 is 0 Å². The number of hydrogen-bond acceptors (Lipinski definition) is 4. The van der Waals surface area contributed by atoms with Crippen molar-refractivity contribution < 1.29 is 9.53 Å². The van der Waals surface area contributed by atoms with Crippen molar-refractivity contribution in [3.63, 3.8) is 0 Å². The van der Waals surface area contributed by atoms with Crippen molar-refractivity contribution in [2.24, 2.45) is 0 Å². The maximum atomic E-state index is 12.1. The van der Waals surface area contributed by atoms with E-state index in [2.05, 4.69) is 15.3 Å². The maximum Gasteiger partial charge on any atom is 0.253 e. The topological polar surface area (TPSA) is 64.1 Å². The number of aromatic nitrogens is 2. The molecule has 104 valence electrons. The molecular formula is C15H17N3O2. The summed E-state index contributed by atoms with van der Waals surface area (Å²) in [6.45, 7) is 0.504. The van der Waals surface area contributed by atoms with E-state index in [1.165, 1.54) is 7.11 Å². The molecule has 0 unspecified atom stereocenters. The van der Waals surface area contributed by atoms with Crippen molar-refractivity contribution in [2.75, 3.05) is 13.7 Å². The van der Waals surface area contributed by atoms with E-state index in [9.17, 15) is 4.79 Å². The van der Waals surface area contributed by atoms with Gasteiger partial charge < -0.3 is 10.1 Å². The summed E-state index contributed by atoms with van der Waals surface area (Å²) in [5, 5.41) is 2.85. The Labute approximate surface area is 118 Å². The van der Waals surface area contributed by atoms with Crippen molar-refractivity contribution in [1.82, 2.24) is 15.3 Å². The van der Waals surface area contributed by atoms with Crippen LogP contribution in [0.5, 0.6) is 0 Å². The summed E-state index contributed by atoms with van der Waals surface area (Å²) >= 11 is 0. The standard InChI is InChI=1S/C15H17N3O2/c1-20-14(12-5-3-2-4-6-12)15(19)18-8-7-13-11-16-9-10-17-13/h2-6,9-11,14H,7-8H2,1H3,(H,18,19)/t14-/m1/s1. The number of carbonyl (C=O) groups excluding carboxylic acids is 1. The lowest BCUT2D eigenvalue weighted by molar-refractivity contribution is -0.131. The molecule has 0 aliphatic carbocycles. The van der Waals surface area contributed by atoms with Crippen LogP contribution >= 0.6 is 0 Å². The molecule has 20 heavy (non-hydrogen) atoms. The molecule has 0 saturated carbocycles. The van der Waals surface area contributed by atoms with Crippen LogP contribution in [-0.4, -0.2) is 29.5 Å². The first-order valence-corrected chi connectivity index (χ1v) is 6.41. The van der Waals surface area contributed by atoms with Gasteiger partial charge in [0, 0.05) is 38.7 Å². The normalized spacial score (nSPS) is 11.8. The molecule has 1 amide bonds. The summed E-state index contributed by atoms with van der Waals surface area (Å²) in [6.07, 6.45) is 5.01. The number of amides is 1. The minimum absolute atomic E-state index is 0.150. The van der Waals surface area contributed by atoms with Gasteiger partial charge in [-0.15, -0.1) is 0 Å². The number of rotatable bonds is 6. The summed E-state index contributed by atoms with van der Waals surface area (Å²) in [4.78, 5) is 20.2. The van der Waals surface area contributed by atoms with E-state index >= 15 is 0 Å². The van der Waals surface area contributed by atoms with Gasteiger partial charge in [-0.25, -0.2) is 0 Å².